The van der Waals surface area contributed by atoms with Crippen LogP contribution in [0.3, 0.4) is 0 Å². The summed E-state index contributed by atoms with van der Waals surface area (Å²) in [7, 11) is 0. The van der Waals surface area contributed by atoms with Crippen LogP contribution >= 0.6 is 12.4 Å². The summed E-state index contributed by atoms with van der Waals surface area (Å²) in [5, 5.41) is 14.0. The number of aromatic nitrogens is 3. The van der Waals surface area contributed by atoms with Gasteiger partial charge in [-0.2, -0.15) is 13.2 Å². The molecule has 160 valence electrons. The lowest BCUT2D eigenvalue weighted by Gasteiger charge is -2.26. The summed E-state index contributed by atoms with van der Waals surface area (Å²) in [5.74, 6) is -0.389. The molecule has 0 saturated carbocycles. The van der Waals surface area contributed by atoms with Crippen LogP contribution < -0.4 is 10.6 Å². The van der Waals surface area contributed by atoms with Gasteiger partial charge in [-0.1, -0.05) is 37.3 Å². The molecule has 1 aromatic heterocycles. The number of hydrogen-bond acceptors (Lipinski definition) is 4. The van der Waals surface area contributed by atoms with E-state index in [1.807, 2.05) is 0 Å². The predicted octanol–water partition coefficient (Wildman–Crippen LogP) is 3.35. The zero-order chi connectivity index (χ0) is 20.4. The maximum Gasteiger partial charge on any atom is 0.416 e. The lowest BCUT2D eigenvalue weighted by molar-refractivity contribution is -0.137. The Morgan fingerprint density at radius 2 is 1.90 bits per heavy atom. The molecule has 2 N–H and O–H groups in total. The molecule has 0 unspecified atom stereocenters. The minimum atomic E-state index is -4.40. The van der Waals surface area contributed by atoms with Crippen molar-refractivity contribution in [2.75, 3.05) is 19.6 Å². The van der Waals surface area contributed by atoms with Gasteiger partial charge >= 0.3 is 6.18 Å². The number of rotatable bonds is 5. The van der Waals surface area contributed by atoms with Crippen molar-refractivity contribution in [2.24, 2.45) is 0 Å². The van der Waals surface area contributed by atoms with Gasteiger partial charge in [0, 0.05) is 12.0 Å². The molecule has 0 atom stereocenters. The SMILES string of the molecule is CC(C)(CNC(=O)c1cn(C2CCNCC2)nn1)c1cccc(C(F)(F)F)c1.Cl. The Morgan fingerprint density at radius 1 is 1.24 bits per heavy atom. The fourth-order valence-corrected chi connectivity index (χ4v) is 3.24. The van der Waals surface area contributed by atoms with Crippen molar-refractivity contribution in [3.63, 3.8) is 0 Å². The van der Waals surface area contributed by atoms with Crippen LogP contribution in [0, 0.1) is 0 Å². The molecule has 0 spiro atoms. The zero-order valence-corrected chi connectivity index (χ0v) is 17.1. The van der Waals surface area contributed by atoms with Crippen LogP contribution in [0.5, 0.6) is 0 Å². The number of carbonyl (C=O) groups is 1. The van der Waals surface area contributed by atoms with E-state index in [9.17, 15) is 18.0 Å². The third kappa shape index (κ3) is 5.70. The van der Waals surface area contributed by atoms with Gasteiger partial charge in [0.2, 0.25) is 0 Å². The summed E-state index contributed by atoms with van der Waals surface area (Å²) in [6.45, 7) is 5.55. The first-order valence-corrected chi connectivity index (χ1v) is 9.25. The minimum Gasteiger partial charge on any atom is -0.350 e. The van der Waals surface area contributed by atoms with Crippen molar-refractivity contribution >= 4 is 18.3 Å². The fraction of sp³-hybridized carbons (Fsp3) is 0.526. The van der Waals surface area contributed by atoms with Gasteiger partial charge in [-0.05, 0) is 37.6 Å². The monoisotopic (exact) mass is 431 g/mol. The van der Waals surface area contributed by atoms with E-state index in [4.69, 9.17) is 0 Å². The van der Waals surface area contributed by atoms with E-state index in [0.29, 0.717) is 5.56 Å². The molecule has 1 amide bonds. The second kappa shape index (κ2) is 9.13. The van der Waals surface area contributed by atoms with E-state index in [0.717, 1.165) is 38.1 Å². The van der Waals surface area contributed by atoms with Gasteiger partial charge in [0.25, 0.3) is 5.91 Å². The van der Waals surface area contributed by atoms with Crippen LogP contribution in [-0.2, 0) is 11.6 Å². The third-order valence-corrected chi connectivity index (χ3v) is 5.09. The van der Waals surface area contributed by atoms with Crippen LogP contribution in [0.2, 0.25) is 0 Å². The van der Waals surface area contributed by atoms with Crippen molar-refractivity contribution in [1.29, 1.82) is 0 Å². The van der Waals surface area contributed by atoms with Crippen LogP contribution in [0.25, 0.3) is 0 Å². The fourth-order valence-electron chi connectivity index (χ4n) is 3.24. The highest BCUT2D eigenvalue weighted by Gasteiger charge is 2.32. The quantitative estimate of drug-likeness (QED) is 0.761. The van der Waals surface area contributed by atoms with E-state index in [1.54, 1.807) is 30.8 Å². The predicted molar refractivity (Wildman–Crippen MR) is 105 cm³/mol. The molecule has 0 bridgehead atoms. The maximum absolute atomic E-state index is 13.0. The summed E-state index contributed by atoms with van der Waals surface area (Å²) < 4.78 is 40.6. The molecule has 0 aliphatic carbocycles. The molecule has 1 aromatic carbocycles. The van der Waals surface area contributed by atoms with E-state index >= 15 is 0 Å². The third-order valence-electron chi connectivity index (χ3n) is 5.09. The van der Waals surface area contributed by atoms with E-state index < -0.39 is 17.2 Å². The second-order valence-electron chi connectivity index (χ2n) is 7.71. The second-order valence-corrected chi connectivity index (χ2v) is 7.71. The molecule has 2 heterocycles. The van der Waals surface area contributed by atoms with Gasteiger partial charge in [-0.3, -0.25) is 4.79 Å². The Balaban J connectivity index is 0.00000300. The Kier molecular flexibility index (Phi) is 7.29. The lowest BCUT2D eigenvalue weighted by atomic mass is 9.83. The molecule has 0 radical (unpaired) electrons. The number of carbonyl (C=O) groups excluding carboxylic acids is 1. The average Bonchev–Trinajstić information content (AvgIpc) is 3.17. The standard InChI is InChI=1S/C19H24F3N5O.ClH/c1-18(2,13-4-3-5-14(10-13)19(20,21)22)12-24-17(28)16-11-27(26-25-16)15-6-8-23-9-7-15;/h3-5,10-11,15,23H,6-9,12H2,1-2H3,(H,24,28);1H. The minimum absolute atomic E-state index is 0. The highest BCUT2D eigenvalue weighted by molar-refractivity contribution is 5.91. The zero-order valence-electron chi connectivity index (χ0n) is 16.3. The Hall–Kier alpha value is -2.13. The molecule has 1 aliphatic rings. The van der Waals surface area contributed by atoms with E-state index in [-0.39, 0.29) is 36.6 Å². The van der Waals surface area contributed by atoms with Gasteiger partial charge in [-0.15, -0.1) is 17.5 Å². The Bertz CT molecular complexity index is 831. The molecular formula is C19H25ClF3N5O. The summed E-state index contributed by atoms with van der Waals surface area (Å²) in [4.78, 5) is 12.4. The average molecular weight is 432 g/mol. The van der Waals surface area contributed by atoms with Crippen molar-refractivity contribution in [3.05, 3.63) is 47.3 Å². The molecule has 1 saturated heterocycles. The summed E-state index contributed by atoms with van der Waals surface area (Å²) in [6.07, 6.45) is -0.926. The van der Waals surface area contributed by atoms with E-state index in [2.05, 4.69) is 20.9 Å². The van der Waals surface area contributed by atoms with Crippen LogP contribution in [0.4, 0.5) is 13.2 Å². The normalized spacial score (nSPS) is 15.6. The number of amides is 1. The Labute approximate surface area is 173 Å². The smallest absolute Gasteiger partial charge is 0.350 e. The molecule has 29 heavy (non-hydrogen) atoms. The van der Waals surface area contributed by atoms with Gasteiger partial charge < -0.3 is 10.6 Å². The molecular weight excluding hydrogens is 407 g/mol. The van der Waals surface area contributed by atoms with Crippen molar-refractivity contribution in [3.8, 4) is 0 Å². The number of nitrogens with zero attached hydrogens (tertiary/aromatic N) is 3. The lowest BCUT2D eigenvalue weighted by Crippen LogP contribution is -2.37. The Morgan fingerprint density at radius 3 is 2.55 bits per heavy atom. The number of nitrogens with one attached hydrogen (secondary N) is 2. The van der Waals surface area contributed by atoms with Crippen molar-refractivity contribution < 1.29 is 18.0 Å². The van der Waals surface area contributed by atoms with Crippen molar-refractivity contribution in [1.82, 2.24) is 25.6 Å². The number of benzene rings is 1. The first-order chi connectivity index (χ1) is 13.2. The molecule has 1 fully saturated rings. The molecule has 3 rings (SSSR count). The number of alkyl halides is 3. The van der Waals surface area contributed by atoms with Crippen LogP contribution in [-0.4, -0.2) is 40.5 Å². The van der Waals surface area contributed by atoms with Crippen LogP contribution in [0.15, 0.2) is 30.5 Å². The summed E-state index contributed by atoms with van der Waals surface area (Å²) in [5.41, 5.74) is -0.671. The summed E-state index contributed by atoms with van der Waals surface area (Å²) >= 11 is 0. The first-order valence-electron chi connectivity index (χ1n) is 9.25. The largest absolute Gasteiger partial charge is 0.416 e. The van der Waals surface area contributed by atoms with Gasteiger partial charge in [-0.25, -0.2) is 4.68 Å². The maximum atomic E-state index is 13.0. The molecule has 1 aliphatic heterocycles. The summed E-state index contributed by atoms with van der Waals surface area (Å²) in [6, 6.07) is 5.40. The highest BCUT2D eigenvalue weighted by atomic mass is 35.5. The van der Waals surface area contributed by atoms with Crippen LogP contribution in [0.1, 0.15) is 54.3 Å². The van der Waals surface area contributed by atoms with Gasteiger partial charge in [0.1, 0.15) is 0 Å². The van der Waals surface area contributed by atoms with Crippen molar-refractivity contribution in [2.45, 2.75) is 44.3 Å². The highest BCUT2D eigenvalue weighted by Crippen LogP contribution is 2.32. The molecule has 10 heteroatoms. The first kappa shape index (κ1) is 23.2. The molecule has 6 nitrogen and oxygen atoms in total. The van der Waals surface area contributed by atoms with Gasteiger partial charge in [0.15, 0.2) is 5.69 Å². The molecule has 2 aromatic rings. The topological polar surface area (TPSA) is 71.8 Å². The number of halogens is 4. The van der Waals surface area contributed by atoms with Gasteiger partial charge in [0.05, 0.1) is 17.8 Å². The number of hydrogen-bond donors (Lipinski definition) is 2. The van der Waals surface area contributed by atoms with E-state index in [1.165, 1.54) is 6.07 Å². The number of piperidine rings is 1.